The predicted molar refractivity (Wildman–Crippen MR) is 125 cm³/mol. The van der Waals surface area contributed by atoms with Gasteiger partial charge in [0.05, 0.1) is 6.10 Å². The van der Waals surface area contributed by atoms with E-state index in [0.29, 0.717) is 24.2 Å². The Labute approximate surface area is 189 Å². The number of ether oxygens (including phenoxy) is 2. The van der Waals surface area contributed by atoms with Crippen LogP contribution < -0.4 is 0 Å². The van der Waals surface area contributed by atoms with E-state index in [1.807, 2.05) is 6.08 Å². The lowest BCUT2D eigenvalue weighted by molar-refractivity contribution is -0.197. The third kappa shape index (κ3) is 6.53. The second-order valence-electron chi connectivity index (χ2n) is 11.0. The zero-order chi connectivity index (χ0) is 22.6. The normalized spacial score (nSPS) is 31.8. The van der Waals surface area contributed by atoms with Crippen LogP contribution in [0.3, 0.4) is 0 Å². The molecule has 31 heavy (non-hydrogen) atoms. The van der Waals surface area contributed by atoms with Crippen LogP contribution in [0.2, 0.25) is 18.1 Å². The molecule has 5 nitrogen and oxygen atoms in total. The van der Waals surface area contributed by atoms with Crippen molar-refractivity contribution in [3.05, 3.63) is 23.8 Å². The highest BCUT2D eigenvalue weighted by Gasteiger charge is 2.48. The Bertz CT molecular complexity index is 672. The Morgan fingerprint density at radius 1 is 1.32 bits per heavy atom. The quantitative estimate of drug-likeness (QED) is 0.442. The molecular formula is C25H42O5Si. The van der Waals surface area contributed by atoms with Gasteiger partial charge in [-0.1, -0.05) is 44.6 Å². The fourth-order valence-electron chi connectivity index (χ4n) is 4.81. The molecule has 3 aliphatic rings. The fourth-order valence-corrected chi connectivity index (χ4v) is 5.85. The average Bonchev–Trinajstić information content (AvgIpc) is 3.20. The molecule has 6 heteroatoms. The van der Waals surface area contributed by atoms with Gasteiger partial charge in [-0.25, -0.2) is 0 Å². The second-order valence-corrected chi connectivity index (χ2v) is 15.9. The molecule has 5 atom stereocenters. The fraction of sp³-hybridized carbons (Fsp3) is 0.800. The van der Waals surface area contributed by atoms with Gasteiger partial charge >= 0.3 is 5.97 Å². The number of fused-ring (bicyclic) bond motifs is 1. The maximum absolute atomic E-state index is 10.7. The topological polar surface area (TPSA) is 65.0 Å². The van der Waals surface area contributed by atoms with Crippen molar-refractivity contribution in [3.8, 4) is 0 Å². The minimum absolute atomic E-state index is 0.0627. The monoisotopic (exact) mass is 450 g/mol. The number of hydrogen-bond donors (Lipinski definition) is 1. The van der Waals surface area contributed by atoms with Gasteiger partial charge in [0.15, 0.2) is 14.6 Å². The van der Waals surface area contributed by atoms with E-state index in [9.17, 15) is 4.79 Å². The van der Waals surface area contributed by atoms with Gasteiger partial charge in [0.1, 0.15) is 0 Å². The summed E-state index contributed by atoms with van der Waals surface area (Å²) >= 11 is 0. The molecule has 0 radical (unpaired) electrons. The number of aliphatic carboxylic acids is 1. The molecule has 5 unspecified atom stereocenters. The first-order valence-corrected chi connectivity index (χ1v) is 15.0. The smallest absolute Gasteiger partial charge is 0.303 e. The van der Waals surface area contributed by atoms with Crippen molar-refractivity contribution in [3.63, 3.8) is 0 Å². The van der Waals surface area contributed by atoms with Crippen molar-refractivity contribution in [2.75, 3.05) is 13.2 Å². The van der Waals surface area contributed by atoms with Crippen LogP contribution in [0.25, 0.3) is 0 Å². The summed E-state index contributed by atoms with van der Waals surface area (Å²) in [5, 5.41) is 9.03. The molecule has 2 fully saturated rings. The van der Waals surface area contributed by atoms with E-state index in [4.69, 9.17) is 19.0 Å². The Hall–Kier alpha value is -0.953. The Balaban J connectivity index is 1.65. The van der Waals surface area contributed by atoms with Crippen LogP contribution in [0, 0.1) is 17.8 Å². The molecule has 1 heterocycles. The first kappa shape index (κ1) is 24.7. The van der Waals surface area contributed by atoms with Crippen LogP contribution in [-0.2, 0) is 18.7 Å². The van der Waals surface area contributed by atoms with Crippen LogP contribution in [0.5, 0.6) is 0 Å². The standard InChI is InChI=1S/C25H42O5Si/c1-25(2,3)31(4,5)29-17-21-20-15-18(10-6-7-11-23(26)27)14-19(20)16-22(21)30-24-12-8-9-13-28-24/h6,10,14,19-22,24H,7-9,11-13,15-17H2,1-5H3,(H,26,27). The average molecular weight is 451 g/mol. The summed E-state index contributed by atoms with van der Waals surface area (Å²) in [5.74, 6) is 0.693. The Morgan fingerprint density at radius 2 is 2.10 bits per heavy atom. The first-order chi connectivity index (χ1) is 14.6. The molecule has 0 spiro atoms. The van der Waals surface area contributed by atoms with Crippen molar-refractivity contribution in [2.45, 2.75) is 96.2 Å². The van der Waals surface area contributed by atoms with Gasteiger partial charge in [-0.05, 0) is 68.5 Å². The molecule has 3 rings (SSSR count). The molecule has 176 valence electrons. The van der Waals surface area contributed by atoms with E-state index in [1.54, 1.807) is 0 Å². The van der Waals surface area contributed by atoms with Crippen LogP contribution in [0.4, 0.5) is 0 Å². The van der Waals surface area contributed by atoms with E-state index >= 15 is 0 Å². The van der Waals surface area contributed by atoms with Crippen molar-refractivity contribution in [1.29, 1.82) is 0 Å². The summed E-state index contributed by atoms with van der Waals surface area (Å²) in [5.41, 5.74) is 1.34. The zero-order valence-electron chi connectivity index (χ0n) is 20.1. The van der Waals surface area contributed by atoms with E-state index in [0.717, 1.165) is 38.9 Å². The van der Waals surface area contributed by atoms with E-state index in [2.05, 4.69) is 46.0 Å². The van der Waals surface area contributed by atoms with Crippen LogP contribution >= 0.6 is 0 Å². The first-order valence-electron chi connectivity index (χ1n) is 12.1. The van der Waals surface area contributed by atoms with Crippen LogP contribution in [0.15, 0.2) is 23.8 Å². The Kier molecular flexibility index (Phi) is 8.22. The van der Waals surface area contributed by atoms with Crippen molar-refractivity contribution in [1.82, 2.24) is 0 Å². The number of carboxylic acids is 1. The molecule has 2 aliphatic carbocycles. The van der Waals surface area contributed by atoms with Gasteiger partial charge in [0.2, 0.25) is 0 Å². The van der Waals surface area contributed by atoms with Crippen molar-refractivity contribution >= 4 is 14.3 Å². The Morgan fingerprint density at radius 3 is 2.74 bits per heavy atom. The summed E-state index contributed by atoms with van der Waals surface area (Å²) in [6, 6.07) is 0. The second kappa shape index (κ2) is 10.3. The highest BCUT2D eigenvalue weighted by atomic mass is 28.4. The lowest BCUT2D eigenvalue weighted by atomic mass is 9.90. The zero-order valence-corrected chi connectivity index (χ0v) is 21.1. The molecule has 1 saturated carbocycles. The molecule has 1 aliphatic heterocycles. The number of carboxylic acid groups (broad SMARTS) is 1. The van der Waals surface area contributed by atoms with E-state index in [1.165, 1.54) is 12.0 Å². The van der Waals surface area contributed by atoms with Crippen molar-refractivity contribution < 1.29 is 23.8 Å². The van der Waals surface area contributed by atoms with E-state index < -0.39 is 14.3 Å². The van der Waals surface area contributed by atoms with Gasteiger partial charge in [0, 0.05) is 25.6 Å². The molecule has 1 N–H and O–H groups in total. The molecule has 0 aromatic carbocycles. The number of carbonyl (C=O) groups is 1. The third-order valence-corrected chi connectivity index (χ3v) is 12.2. The number of hydrogen-bond acceptors (Lipinski definition) is 4. The summed E-state index contributed by atoms with van der Waals surface area (Å²) in [7, 11) is -1.83. The van der Waals surface area contributed by atoms with Gasteiger partial charge in [0.25, 0.3) is 0 Å². The minimum Gasteiger partial charge on any atom is -0.481 e. The van der Waals surface area contributed by atoms with Crippen molar-refractivity contribution in [2.24, 2.45) is 17.8 Å². The largest absolute Gasteiger partial charge is 0.481 e. The van der Waals surface area contributed by atoms with Gasteiger partial charge in [-0.2, -0.15) is 0 Å². The van der Waals surface area contributed by atoms with Crippen LogP contribution in [-0.4, -0.2) is 45.0 Å². The van der Waals surface area contributed by atoms with Gasteiger partial charge in [-0.15, -0.1) is 0 Å². The predicted octanol–water partition coefficient (Wildman–Crippen LogP) is 5.92. The molecule has 0 amide bonds. The maximum Gasteiger partial charge on any atom is 0.303 e. The number of allylic oxidation sites excluding steroid dienone is 4. The SMILES string of the molecule is CC(C)(C)[Si](C)(C)OCC1C(OC2CCCCO2)CC2C=C(C=CCCC(=O)O)CC21. The van der Waals surface area contributed by atoms with Crippen LogP contribution in [0.1, 0.15) is 65.7 Å². The number of rotatable bonds is 9. The molecular weight excluding hydrogens is 408 g/mol. The summed E-state index contributed by atoms with van der Waals surface area (Å²) < 4.78 is 19.1. The molecule has 0 aromatic heterocycles. The molecule has 0 aromatic rings. The summed E-state index contributed by atoms with van der Waals surface area (Å²) in [6.45, 7) is 13.1. The maximum atomic E-state index is 10.7. The summed E-state index contributed by atoms with van der Waals surface area (Å²) in [6.07, 6.45) is 12.8. The third-order valence-electron chi connectivity index (χ3n) is 7.75. The highest BCUT2D eigenvalue weighted by molar-refractivity contribution is 6.74. The summed E-state index contributed by atoms with van der Waals surface area (Å²) in [4.78, 5) is 10.7. The molecule has 0 bridgehead atoms. The van der Waals surface area contributed by atoms with Gasteiger partial charge < -0.3 is 19.0 Å². The minimum atomic E-state index is -1.83. The van der Waals surface area contributed by atoms with E-state index in [-0.39, 0.29) is 23.9 Å². The molecule has 1 saturated heterocycles. The van der Waals surface area contributed by atoms with Gasteiger partial charge in [-0.3, -0.25) is 4.79 Å². The highest BCUT2D eigenvalue weighted by Crippen LogP contribution is 2.49. The lowest BCUT2D eigenvalue weighted by Crippen LogP contribution is -2.44. The lowest BCUT2D eigenvalue weighted by Gasteiger charge is -2.38.